The van der Waals surface area contributed by atoms with E-state index in [9.17, 15) is 9.59 Å². The highest BCUT2D eigenvalue weighted by molar-refractivity contribution is 5.91. The molecule has 0 saturated carbocycles. The fourth-order valence-corrected chi connectivity index (χ4v) is 2.22. The van der Waals surface area contributed by atoms with Crippen LogP contribution in [0.5, 0.6) is 0 Å². The lowest BCUT2D eigenvalue weighted by molar-refractivity contribution is 0.0697. The SMILES string of the molecule is Cc1ccc(Cn2c(=O)oc3ccc(C(=O)O)cc32)cc1. The van der Waals surface area contributed by atoms with Gasteiger partial charge in [0, 0.05) is 0 Å². The third-order valence-corrected chi connectivity index (χ3v) is 3.38. The third-order valence-electron chi connectivity index (χ3n) is 3.38. The first kappa shape index (κ1) is 13.2. The Labute approximate surface area is 120 Å². The second-order valence-electron chi connectivity index (χ2n) is 4.93. The van der Waals surface area contributed by atoms with Gasteiger partial charge in [0.15, 0.2) is 5.58 Å². The third kappa shape index (κ3) is 2.45. The second kappa shape index (κ2) is 4.94. The van der Waals surface area contributed by atoms with E-state index in [-0.39, 0.29) is 5.56 Å². The first-order valence-corrected chi connectivity index (χ1v) is 6.47. The van der Waals surface area contributed by atoms with E-state index in [1.165, 1.54) is 22.8 Å². The average molecular weight is 283 g/mol. The molecule has 0 atom stereocenters. The Morgan fingerprint density at radius 1 is 1.19 bits per heavy atom. The lowest BCUT2D eigenvalue weighted by Crippen LogP contribution is -2.15. The highest BCUT2D eigenvalue weighted by Crippen LogP contribution is 2.17. The van der Waals surface area contributed by atoms with Crippen LogP contribution in [-0.4, -0.2) is 15.6 Å². The van der Waals surface area contributed by atoms with Crippen molar-refractivity contribution < 1.29 is 14.3 Å². The van der Waals surface area contributed by atoms with E-state index in [0.717, 1.165) is 11.1 Å². The van der Waals surface area contributed by atoms with Crippen molar-refractivity contribution >= 4 is 17.1 Å². The van der Waals surface area contributed by atoms with Crippen molar-refractivity contribution in [2.24, 2.45) is 0 Å². The van der Waals surface area contributed by atoms with Gasteiger partial charge in [-0.2, -0.15) is 0 Å². The maximum absolute atomic E-state index is 11.9. The van der Waals surface area contributed by atoms with Crippen LogP contribution >= 0.6 is 0 Å². The van der Waals surface area contributed by atoms with Crippen LogP contribution in [-0.2, 0) is 6.54 Å². The highest BCUT2D eigenvalue weighted by atomic mass is 16.4. The largest absolute Gasteiger partial charge is 0.478 e. The summed E-state index contributed by atoms with van der Waals surface area (Å²) < 4.78 is 6.58. The fraction of sp³-hybridized carbons (Fsp3) is 0.125. The summed E-state index contributed by atoms with van der Waals surface area (Å²) in [5.74, 6) is -1.53. The molecule has 0 unspecified atom stereocenters. The van der Waals surface area contributed by atoms with Crippen LogP contribution in [0.3, 0.4) is 0 Å². The van der Waals surface area contributed by atoms with Gasteiger partial charge >= 0.3 is 11.7 Å². The summed E-state index contributed by atoms with van der Waals surface area (Å²) in [6.45, 7) is 2.33. The van der Waals surface area contributed by atoms with Crippen LogP contribution in [0.2, 0.25) is 0 Å². The van der Waals surface area contributed by atoms with E-state index in [2.05, 4.69) is 0 Å². The maximum atomic E-state index is 11.9. The topological polar surface area (TPSA) is 72.4 Å². The zero-order valence-corrected chi connectivity index (χ0v) is 11.4. The van der Waals surface area contributed by atoms with Crippen LogP contribution in [0.1, 0.15) is 21.5 Å². The quantitative estimate of drug-likeness (QED) is 0.802. The number of hydrogen-bond donors (Lipinski definition) is 1. The lowest BCUT2D eigenvalue weighted by Gasteiger charge is -2.03. The van der Waals surface area contributed by atoms with Crippen LogP contribution in [0.15, 0.2) is 51.7 Å². The van der Waals surface area contributed by atoms with Gasteiger partial charge in [-0.3, -0.25) is 4.57 Å². The first-order valence-electron chi connectivity index (χ1n) is 6.47. The molecule has 3 aromatic rings. The number of fused-ring (bicyclic) bond motifs is 1. The Balaban J connectivity index is 2.10. The summed E-state index contributed by atoms with van der Waals surface area (Å²) in [7, 11) is 0. The van der Waals surface area contributed by atoms with Gasteiger partial charge in [0.25, 0.3) is 0 Å². The molecule has 0 aliphatic heterocycles. The van der Waals surface area contributed by atoms with E-state index in [1.54, 1.807) is 0 Å². The molecule has 5 heteroatoms. The number of nitrogens with zero attached hydrogens (tertiary/aromatic N) is 1. The number of carboxylic acids is 1. The van der Waals surface area contributed by atoms with Gasteiger partial charge in [0.1, 0.15) is 0 Å². The minimum atomic E-state index is -1.03. The van der Waals surface area contributed by atoms with Crippen molar-refractivity contribution in [1.82, 2.24) is 4.57 Å². The molecule has 0 spiro atoms. The molecule has 1 heterocycles. The number of oxazole rings is 1. The van der Waals surface area contributed by atoms with Crippen LogP contribution in [0.25, 0.3) is 11.1 Å². The molecule has 0 bridgehead atoms. The van der Waals surface area contributed by atoms with Gasteiger partial charge in [0.05, 0.1) is 17.6 Å². The summed E-state index contributed by atoms with van der Waals surface area (Å²) in [6, 6.07) is 12.2. The standard InChI is InChI=1S/C16H13NO4/c1-10-2-4-11(5-3-10)9-17-13-8-12(15(18)19)6-7-14(13)21-16(17)20/h2-8H,9H2,1H3,(H,18,19). The van der Waals surface area contributed by atoms with Crippen LogP contribution < -0.4 is 5.76 Å². The van der Waals surface area contributed by atoms with Gasteiger partial charge in [0.2, 0.25) is 0 Å². The Morgan fingerprint density at radius 3 is 2.57 bits per heavy atom. The van der Waals surface area contributed by atoms with Crippen molar-refractivity contribution in [3.05, 3.63) is 69.7 Å². The van der Waals surface area contributed by atoms with Crippen molar-refractivity contribution in [1.29, 1.82) is 0 Å². The minimum Gasteiger partial charge on any atom is -0.478 e. The molecule has 0 amide bonds. The Bertz CT molecular complexity index is 871. The molecule has 1 aromatic heterocycles. The smallest absolute Gasteiger partial charge is 0.420 e. The molecule has 21 heavy (non-hydrogen) atoms. The normalized spacial score (nSPS) is 10.9. The monoisotopic (exact) mass is 283 g/mol. The molecule has 106 valence electrons. The van der Waals surface area contributed by atoms with Gasteiger partial charge in [-0.05, 0) is 30.7 Å². The zero-order chi connectivity index (χ0) is 15.0. The molecule has 0 aliphatic carbocycles. The number of carbonyl (C=O) groups is 1. The van der Waals surface area contributed by atoms with Crippen molar-refractivity contribution in [2.45, 2.75) is 13.5 Å². The van der Waals surface area contributed by atoms with Crippen molar-refractivity contribution in [2.75, 3.05) is 0 Å². The summed E-state index contributed by atoms with van der Waals surface area (Å²) in [5.41, 5.74) is 3.08. The number of aromatic nitrogens is 1. The summed E-state index contributed by atoms with van der Waals surface area (Å²) in [4.78, 5) is 23.0. The van der Waals surface area contributed by atoms with Crippen LogP contribution in [0.4, 0.5) is 0 Å². The maximum Gasteiger partial charge on any atom is 0.420 e. The van der Waals surface area contributed by atoms with Gasteiger partial charge in [-0.1, -0.05) is 29.8 Å². The Kier molecular flexibility index (Phi) is 3.10. The number of aromatic carboxylic acids is 1. The van der Waals surface area contributed by atoms with Gasteiger partial charge in [-0.15, -0.1) is 0 Å². The zero-order valence-electron chi connectivity index (χ0n) is 11.4. The molecular formula is C16H13NO4. The molecule has 0 aliphatic rings. The number of aryl methyl sites for hydroxylation is 1. The first-order chi connectivity index (χ1) is 10.0. The predicted molar refractivity (Wildman–Crippen MR) is 77.7 cm³/mol. The summed E-state index contributed by atoms with van der Waals surface area (Å²) in [5, 5.41) is 9.04. The van der Waals surface area contributed by atoms with E-state index < -0.39 is 11.7 Å². The molecule has 0 saturated heterocycles. The summed E-state index contributed by atoms with van der Waals surface area (Å²) in [6.07, 6.45) is 0. The van der Waals surface area contributed by atoms with Gasteiger partial charge < -0.3 is 9.52 Å². The number of carboxylic acid groups (broad SMARTS) is 1. The molecule has 2 aromatic carbocycles. The second-order valence-corrected chi connectivity index (χ2v) is 4.93. The highest BCUT2D eigenvalue weighted by Gasteiger charge is 2.12. The molecule has 5 nitrogen and oxygen atoms in total. The Hall–Kier alpha value is -2.82. The number of rotatable bonds is 3. The van der Waals surface area contributed by atoms with Crippen molar-refractivity contribution in [3.8, 4) is 0 Å². The minimum absolute atomic E-state index is 0.126. The Morgan fingerprint density at radius 2 is 1.90 bits per heavy atom. The van der Waals surface area contributed by atoms with E-state index in [4.69, 9.17) is 9.52 Å². The van der Waals surface area contributed by atoms with Crippen LogP contribution in [0, 0.1) is 6.92 Å². The number of benzene rings is 2. The van der Waals surface area contributed by atoms with E-state index in [0.29, 0.717) is 17.6 Å². The summed E-state index contributed by atoms with van der Waals surface area (Å²) >= 11 is 0. The molecule has 0 fully saturated rings. The molecule has 1 N–H and O–H groups in total. The van der Waals surface area contributed by atoms with E-state index in [1.807, 2.05) is 31.2 Å². The van der Waals surface area contributed by atoms with Crippen molar-refractivity contribution in [3.63, 3.8) is 0 Å². The lowest BCUT2D eigenvalue weighted by atomic mass is 10.1. The molecule has 3 rings (SSSR count). The fourth-order valence-electron chi connectivity index (χ4n) is 2.22. The predicted octanol–water partition coefficient (Wildman–Crippen LogP) is 2.65. The molecular weight excluding hydrogens is 270 g/mol. The average Bonchev–Trinajstić information content (AvgIpc) is 2.77. The van der Waals surface area contributed by atoms with Gasteiger partial charge in [-0.25, -0.2) is 9.59 Å². The molecule has 0 radical (unpaired) electrons. The number of hydrogen-bond acceptors (Lipinski definition) is 3. The van der Waals surface area contributed by atoms with E-state index >= 15 is 0 Å².